The molecule has 5 nitrogen and oxygen atoms in total. The van der Waals surface area contributed by atoms with Gasteiger partial charge in [0, 0.05) is 0 Å². The first kappa shape index (κ1) is 13.1. The molecular weight excluding hydrogens is 244 g/mol. The number of carbonyl (C=O) groups excluding carboxylic acids is 2. The molecule has 4 atom stereocenters. The van der Waals surface area contributed by atoms with E-state index in [-0.39, 0.29) is 29.8 Å². The molecule has 106 valence electrons. The quantitative estimate of drug-likeness (QED) is 0.544. The van der Waals surface area contributed by atoms with Crippen LogP contribution in [0.1, 0.15) is 19.8 Å². The monoisotopic (exact) mass is 267 g/mol. The Balaban J connectivity index is 1.80. The molecule has 19 heavy (non-hydrogen) atoms. The van der Waals surface area contributed by atoms with E-state index in [1.165, 1.54) is 4.90 Å². The second-order valence-corrected chi connectivity index (χ2v) is 7.35. The summed E-state index contributed by atoms with van der Waals surface area (Å²) in [5.41, 5.74) is -0.395. The molecule has 0 aliphatic carbocycles. The van der Waals surface area contributed by atoms with E-state index >= 15 is 0 Å². The highest BCUT2D eigenvalue weighted by Crippen LogP contribution is 2.54. The van der Waals surface area contributed by atoms with Gasteiger partial charge >= 0.3 is 0 Å². The second-order valence-electron chi connectivity index (χ2n) is 7.35. The van der Waals surface area contributed by atoms with Gasteiger partial charge in [-0.2, -0.15) is 0 Å². The van der Waals surface area contributed by atoms with Crippen LogP contribution in [-0.4, -0.2) is 67.1 Å². The normalized spacial score (nSPS) is 41.3. The highest BCUT2D eigenvalue weighted by Gasteiger charge is 2.67. The van der Waals surface area contributed by atoms with Crippen molar-refractivity contribution in [2.75, 3.05) is 34.2 Å². The lowest BCUT2D eigenvalue weighted by atomic mass is 9.74. The smallest absolute Gasteiger partial charge is 0.236 e. The molecule has 3 aliphatic rings. The lowest BCUT2D eigenvalue weighted by Gasteiger charge is -2.28. The molecule has 0 spiro atoms. The van der Waals surface area contributed by atoms with E-state index in [2.05, 4.69) is 21.1 Å². The lowest BCUT2D eigenvalue weighted by molar-refractivity contribution is -0.869. The summed E-state index contributed by atoms with van der Waals surface area (Å²) in [5.74, 6) is -0.449. The molecule has 5 heteroatoms. The zero-order chi connectivity index (χ0) is 14.0. The fourth-order valence-corrected chi connectivity index (χ4v) is 3.76. The molecule has 0 radical (unpaired) electrons. The first-order chi connectivity index (χ1) is 8.73. The van der Waals surface area contributed by atoms with Crippen molar-refractivity contribution in [2.24, 2.45) is 11.8 Å². The van der Waals surface area contributed by atoms with E-state index in [0.29, 0.717) is 6.54 Å². The molecule has 3 rings (SSSR count). The van der Waals surface area contributed by atoms with Gasteiger partial charge in [-0.3, -0.25) is 14.5 Å². The Hall–Kier alpha value is -0.940. The summed E-state index contributed by atoms with van der Waals surface area (Å²) in [6, 6.07) is 0. The minimum atomic E-state index is -0.395. The molecule has 0 aromatic carbocycles. The van der Waals surface area contributed by atoms with Gasteiger partial charge in [0.05, 0.1) is 57.8 Å². The van der Waals surface area contributed by atoms with E-state index in [4.69, 9.17) is 4.74 Å². The zero-order valence-electron chi connectivity index (χ0n) is 12.2. The predicted octanol–water partition coefficient (Wildman–Crippen LogP) is 0.245. The van der Waals surface area contributed by atoms with Gasteiger partial charge < -0.3 is 9.22 Å². The minimum absolute atomic E-state index is 0.00289. The van der Waals surface area contributed by atoms with Crippen molar-refractivity contribution >= 4 is 11.8 Å². The molecule has 2 amide bonds. The van der Waals surface area contributed by atoms with Gasteiger partial charge in [0.15, 0.2) is 0 Å². The van der Waals surface area contributed by atoms with Crippen LogP contribution in [0.25, 0.3) is 0 Å². The standard InChI is InChI=1S/C14H23N2O3/c1-14-6-5-9(19-14)10-11(14)13(18)15(12(10)17)7-8-16(2,3)4/h9-11H,5-8H2,1-4H3/q+1/t9-,10+,11+,14+/m0/s1. The van der Waals surface area contributed by atoms with Crippen LogP contribution in [0.2, 0.25) is 0 Å². The van der Waals surface area contributed by atoms with Gasteiger partial charge in [-0.05, 0) is 19.8 Å². The number of hydrogen-bond donors (Lipinski definition) is 0. The summed E-state index contributed by atoms with van der Waals surface area (Å²) in [7, 11) is 6.21. The number of likely N-dealkylation sites (tertiary alicyclic amines) is 1. The molecule has 2 bridgehead atoms. The molecule has 3 aliphatic heterocycles. The third kappa shape index (κ3) is 1.82. The van der Waals surface area contributed by atoms with E-state index in [1.54, 1.807) is 0 Å². The molecule has 3 saturated heterocycles. The van der Waals surface area contributed by atoms with Crippen molar-refractivity contribution in [3.8, 4) is 0 Å². The van der Waals surface area contributed by atoms with Gasteiger partial charge in [-0.1, -0.05) is 0 Å². The summed E-state index contributed by atoms with van der Waals surface area (Å²) >= 11 is 0. The Kier molecular flexibility index (Phi) is 2.61. The largest absolute Gasteiger partial charge is 0.370 e. The Morgan fingerprint density at radius 2 is 2.00 bits per heavy atom. The Bertz CT molecular complexity index is 442. The Morgan fingerprint density at radius 3 is 2.58 bits per heavy atom. The number of amides is 2. The van der Waals surface area contributed by atoms with Crippen molar-refractivity contribution < 1.29 is 18.8 Å². The number of nitrogens with zero attached hydrogens (tertiary/aromatic N) is 2. The van der Waals surface area contributed by atoms with E-state index in [0.717, 1.165) is 23.9 Å². The summed E-state index contributed by atoms with van der Waals surface area (Å²) in [5, 5.41) is 0. The van der Waals surface area contributed by atoms with Gasteiger partial charge in [-0.25, -0.2) is 0 Å². The fraction of sp³-hybridized carbons (Fsp3) is 0.857. The molecule has 0 aromatic heterocycles. The first-order valence-electron chi connectivity index (χ1n) is 7.06. The van der Waals surface area contributed by atoms with Crippen molar-refractivity contribution in [1.29, 1.82) is 0 Å². The summed E-state index contributed by atoms with van der Waals surface area (Å²) in [4.78, 5) is 26.5. The van der Waals surface area contributed by atoms with Crippen molar-refractivity contribution in [3.63, 3.8) is 0 Å². The molecule has 0 aromatic rings. The van der Waals surface area contributed by atoms with Crippen LogP contribution >= 0.6 is 0 Å². The fourth-order valence-electron chi connectivity index (χ4n) is 3.76. The Labute approximate surface area is 114 Å². The maximum absolute atomic E-state index is 12.5. The minimum Gasteiger partial charge on any atom is -0.370 e. The van der Waals surface area contributed by atoms with Crippen LogP contribution in [0.5, 0.6) is 0 Å². The van der Waals surface area contributed by atoms with Crippen LogP contribution in [0.15, 0.2) is 0 Å². The molecule has 3 heterocycles. The van der Waals surface area contributed by atoms with E-state index in [9.17, 15) is 9.59 Å². The number of hydrogen-bond acceptors (Lipinski definition) is 3. The summed E-state index contributed by atoms with van der Waals surface area (Å²) in [6.45, 7) is 3.31. The maximum Gasteiger partial charge on any atom is 0.236 e. The number of imide groups is 1. The SMILES string of the molecule is C[C@]12CC[C@H](O1)[C@H]1C(=O)N(CC[N+](C)(C)C)C(=O)[C@@H]12. The second kappa shape index (κ2) is 3.79. The average Bonchev–Trinajstić information content (AvgIpc) is 2.86. The summed E-state index contributed by atoms with van der Waals surface area (Å²) < 4.78 is 6.64. The lowest BCUT2D eigenvalue weighted by Crippen LogP contribution is -2.45. The third-order valence-electron chi connectivity index (χ3n) is 4.84. The number of carbonyl (C=O) groups is 2. The van der Waals surface area contributed by atoms with Gasteiger partial charge in [0.25, 0.3) is 0 Å². The van der Waals surface area contributed by atoms with Crippen molar-refractivity contribution in [2.45, 2.75) is 31.5 Å². The number of rotatable bonds is 3. The number of likely N-dealkylation sites (N-methyl/N-ethyl adjacent to an activating group) is 1. The first-order valence-corrected chi connectivity index (χ1v) is 7.06. The van der Waals surface area contributed by atoms with Gasteiger partial charge in [0.2, 0.25) is 11.8 Å². The van der Waals surface area contributed by atoms with Crippen LogP contribution in [0, 0.1) is 11.8 Å². The van der Waals surface area contributed by atoms with Gasteiger partial charge in [0.1, 0.15) is 0 Å². The highest BCUT2D eigenvalue weighted by atomic mass is 16.5. The number of quaternary nitrogens is 1. The number of fused-ring (bicyclic) bond motifs is 5. The third-order valence-corrected chi connectivity index (χ3v) is 4.84. The molecule has 0 unspecified atom stereocenters. The predicted molar refractivity (Wildman–Crippen MR) is 69.1 cm³/mol. The molecule has 0 saturated carbocycles. The highest BCUT2D eigenvalue weighted by molar-refractivity contribution is 6.06. The van der Waals surface area contributed by atoms with Crippen LogP contribution in [-0.2, 0) is 14.3 Å². The van der Waals surface area contributed by atoms with Crippen LogP contribution in [0.3, 0.4) is 0 Å². The zero-order valence-corrected chi connectivity index (χ0v) is 12.2. The van der Waals surface area contributed by atoms with Crippen molar-refractivity contribution in [3.05, 3.63) is 0 Å². The average molecular weight is 267 g/mol. The van der Waals surface area contributed by atoms with Crippen LogP contribution in [0.4, 0.5) is 0 Å². The summed E-state index contributed by atoms with van der Waals surface area (Å²) in [6.07, 6.45) is 1.79. The number of ether oxygens (including phenoxy) is 1. The van der Waals surface area contributed by atoms with E-state index in [1.807, 2.05) is 6.92 Å². The molecule has 0 N–H and O–H groups in total. The van der Waals surface area contributed by atoms with Crippen molar-refractivity contribution in [1.82, 2.24) is 4.90 Å². The molecule has 3 fully saturated rings. The van der Waals surface area contributed by atoms with Crippen LogP contribution < -0.4 is 0 Å². The van der Waals surface area contributed by atoms with E-state index < -0.39 is 5.60 Å². The topological polar surface area (TPSA) is 46.6 Å². The molecular formula is C14H23N2O3+. The maximum atomic E-state index is 12.5. The van der Waals surface area contributed by atoms with Gasteiger partial charge in [-0.15, -0.1) is 0 Å². The Morgan fingerprint density at radius 1 is 1.32 bits per heavy atom.